The van der Waals surface area contributed by atoms with Crippen molar-refractivity contribution in [2.24, 2.45) is 0 Å². The quantitative estimate of drug-likeness (QED) is 0.608. The first-order valence-electron chi connectivity index (χ1n) is 8.85. The van der Waals surface area contributed by atoms with E-state index in [9.17, 15) is 4.79 Å². The van der Waals surface area contributed by atoms with Crippen LogP contribution in [0, 0.1) is 0 Å². The van der Waals surface area contributed by atoms with Crippen LogP contribution in [0.25, 0.3) is 9.40 Å². The van der Waals surface area contributed by atoms with Crippen LogP contribution in [0.5, 0.6) is 5.75 Å². The molecule has 0 saturated carbocycles. The summed E-state index contributed by atoms with van der Waals surface area (Å²) in [7, 11) is 1.72. The number of para-hydroxylation sites is 1. The van der Waals surface area contributed by atoms with E-state index in [-0.39, 0.29) is 18.3 Å². The summed E-state index contributed by atoms with van der Waals surface area (Å²) >= 11 is 3.31. The largest absolute Gasteiger partial charge is 0.496 e. The average Bonchev–Trinajstić information content (AvgIpc) is 3.18. The van der Waals surface area contributed by atoms with Gasteiger partial charge in [0.1, 0.15) is 5.75 Å². The molecule has 0 aliphatic carbocycles. The number of benzene rings is 1. The fourth-order valence-corrected chi connectivity index (χ4v) is 5.51. The van der Waals surface area contributed by atoms with Gasteiger partial charge in [0.05, 0.1) is 12.0 Å². The summed E-state index contributed by atoms with van der Waals surface area (Å²) in [5.74, 6) is 1.11. The molecule has 0 radical (unpaired) electrons. The maximum absolute atomic E-state index is 12.9. The Hall–Kier alpha value is -1.60. The summed E-state index contributed by atoms with van der Waals surface area (Å²) in [6.45, 7) is 4.36. The molecule has 4 nitrogen and oxygen atoms in total. The Morgan fingerprint density at radius 3 is 2.78 bits per heavy atom. The molecule has 7 heteroatoms. The number of rotatable bonds is 4. The van der Waals surface area contributed by atoms with Gasteiger partial charge < -0.3 is 9.64 Å². The lowest BCUT2D eigenvalue weighted by atomic mass is 10.2. The third kappa shape index (κ3) is 4.46. The fraction of sp³-hybridized carbons (Fsp3) is 0.350. The van der Waals surface area contributed by atoms with Crippen LogP contribution in [0.15, 0.2) is 41.8 Å². The minimum absolute atomic E-state index is 0. The second-order valence-corrected chi connectivity index (χ2v) is 8.52. The number of halogens is 1. The number of fused-ring (bicyclic) bond motifs is 1. The lowest BCUT2D eigenvalue weighted by Gasteiger charge is -2.22. The lowest BCUT2D eigenvalue weighted by Crippen LogP contribution is -2.34. The van der Waals surface area contributed by atoms with E-state index in [1.165, 1.54) is 15.0 Å². The van der Waals surface area contributed by atoms with E-state index in [1.54, 1.807) is 29.8 Å². The molecular weight excluding hydrogens is 400 g/mol. The van der Waals surface area contributed by atoms with Gasteiger partial charge >= 0.3 is 0 Å². The Labute approximate surface area is 173 Å². The van der Waals surface area contributed by atoms with E-state index in [1.807, 2.05) is 29.2 Å². The van der Waals surface area contributed by atoms with Crippen LogP contribution in [-0.4, -0.2) is 49.0 Å². The molecule has 0 spiro atoms. The highest BCUT2D eigenvalue weighted by Crippen LogP contribution is 2.31. The number of hydrogen-bond acceptors (Lipinski definition) is 5. The minimum atomic E-state index is 0. The van der Waals surface area contributed by atoms with Crippen molar-refractivity contribution in [3.05, 3.63) is 52.2 Å². The summed E-state index contributed by atoms with van der Waals surface area (Å²) in [6, 6.07) is 12.3. The number of thiophene rings is 2. The van der Waals surface area contributed by atoms with Gasteiger partial charge in [-0.25, -0.2) is 0 Å². The smallest absolute Gasteiger partial charge is 0.264 e. The molecule has 27 heavy (non-hydrogen) atoms. The second-order valence-electron chi connectivity index (χ2n) is 6.49. The molecule has 1 saturated heterocycles. The van der Waals surface area contributed by atoms with Gasteiger partial charge in [-0.15, -0.1) is 35.1 Å². The van der Waals surface area contributed by atoms with Crippen LogP contribution in [-0.2, 0) is 6.54 Å². The summed E-state index contributed by atoms with van der Waals surface area (Å²) in [5, 5.41) is 2.08. The van der Waals surface area contributed by atoms with Crippen molar-refractivity contribution in [2.45, 2.75) is 13.0 Å². The summed E-state index contributed by atoms with van der Waals surface area (Å²) in [6.07, 6.45) is 1.00. The van der Waals surface area contributed by atoms with Crippen LogP contribution < -0.4 is 4.74 Å². The summed E-state index contributed by atoms with van der Waals surface area (Å²) in [4.78, 5) is 18.2. The van der Waals surface area contributed by atoms with Gasteiger partial charge in [-0.05, 0) is 30.0 Å². The monoisotopic (exact) mass is 422 g/mol. The van der Waals surface area contributed by atoms with E-state index in [4.69, 9.17) is 4.74 Å². The highest BCUT2D eigenvalue weighted by Gasteiger charge is 2.22. The van der Waals surface area contributed by atoms with Gasteiger partial charge in [0.15, 0.2) is 0 Å². The van der Waals surface area contributed by atoms with Crippen molar-refractivity contribution in [1.29, 1.82) is 0 Å². The minimum Gasteiger partial charge on any atom is -0.496 e. The van der Waals surface area contributed by atoms with E-state index >= 15 is 0 Å². The van der Waals surface area contributed by atoms with Gasteiger partial charge in [0, 0.05) is 47.7 Å². The van der Waals surface area contributed by atoms with Crippen LogP contribution in [0.4, 0.5) is 0 Å². The van der Waals surface area contributed by atoms with E-state index in [0.29, 0.717) is 0 Å². The third-order valence-corrected chi connectivity index (χ3v) is 6.89. The van der Waals surface area contributed by atoms with Crippen LogP contribution >= 0.6 is 35.1 Å². The van der Waals surface area contributed by atoms with E-state index in [2.05, 4.69) is 22.4 Å². The molecule has 0 atom stereocenters. The number of carbonyl (C=O) groups excluding carboxylic acids is 1. The van der Waals surface area contributed by atoms with E-state index in [0.717, 1.165) is 49.8 Å². The lowest BCUT2D eigenvalue weighted by molar-refractivity contribution is 0.0766. The molecule has 4 rings (SSSR count). The Morgan fingerprint density at radius 1 is 1.11 bits per heavy atom. The zero-order valence-electron chi connectivity index (χ0n) is 15.2. The van der Waals surface area contributed by atoms with Gasteiger partial charge in [-0.3, -0.25) is 9.69 Å². The maximum Gasteiger partial charge on any atom is 0.264 e. The molecule has 0 bridgehead atoms. The Morgan fingerprint density at radius 2 is 1.96 bits per heavy atom. The van der Waals surface area contributed by atoms with Gasteiger partial charge in [-0.1, -0.05) is 18.2 Å². The molecule has 1 aliphatic rings. The van der Waals surface area contributed by atoms with Crippen LogP contribution in [0.2, 0.25) is 0 Å². The zero-order chi connectivity index (χ0) is 17.9. The zero-order valence-corrected chi connectivity index (χ0v) is 17.7. The van der Waals surface area contributed by atoms with Crippen molar-refractivity contribution < 1.29 is 9.53 Å². The predicted molar refractivity (Wildman–Crippen MR) is 116 cm³/mol. The average molecular weight is 423 g/mol. The topological polar surface area (TPSA) is 32.8 Å². The Balaban J connectivity index is 0.00000210. The highest BCUT2D eigenvalue weighted by molar-refractivity contribution is 7.27. The van der Waals surface area contributed by atoms with Crippen molar-refractivity contribution in [1.82, 2.24) is 9.80 Å². The molecule has 1 fully saturated rings. The molecular formula is C20H23ClN2O2S2. The van der Waals surface area contributed by atoms with Crippen molar-refractivity contribution in [3.8, 4) is 5.75 Å². The summed E-state index contributed by atoms with van der Waals surface area (Å²) in [5.41, 5.74) is 1.20. The molecule has 3 heterocycles. The molecule has 0 unspecified atom stereocenters. The molecule has 1 amide bonds. The first kappa shape index (κ1) is 20.1. The molecule has 0 N–H and O–H groups in total. The standard InChI is InChI=1S/C20H22N2O2S2.ClH/c1-24-16-6-3-2-5-15(16)14-21-8-4-9-22(11-10-21)20(23)19-13-18-17(26-19)7-12-25-18;/h2-3,5-7,12-13H,4,8-11,14H2,1H3;1H. The number of hydrogen-bond donors (Lipinski definition) is 0. The Kier molecular flexibility index (Phi) is 6.76. The SMILES string of the molecule is COc1ccccc1CN1CCCN(C(=O)c2cc3sccc3s2)CC1.Cl. The predicted octanol–water partition coefficient (Wildman–Crippen LogP) is 4.74. The number of amides is 1. The van der Waals surface area contributed by atoms with Crippen molar-refractivity contribution >= 4 is 50.4 Å². The summed E-state index contributed by atoms with van der Waals surface area (Å²) < 4.78 is 7.90. The van der Waals surface area contributed by atoms with Crippen LogP contribution in [0.1, 0.15) is 21.7 Å². The van der Waals surface area contributed by atoms with Gasteiger partial charge in [0.25, 0.3) is 5.91 Å². The number of nitrogens with zero attached hydrogens (tertiary/aromatic N) is 2. The number of methoxy groups -OCH3 is 1. The number of ether oxygens (including phenoxy) is 1. The fourth-order valence-electron chi connectivity index (χ4n) is 3.43. The first-order valence-corrected chi connectivity index (χ1v) is 10.5. The van der Waals surface area contributed by atoms with Crippen molar-refractivity contribution in [3.63, 3.8) is 0 Å². The molecule has 3 aromatic rings. The van der Waals surface area contributed by atoms with Gasteiger partial charge in [-0.2, -0.15) is 0 Å². The number of carbonyl (C=O) groups is 1. The Bertz CT molecular complexity index is 880. The van der Waals surface area contributed by atoms with Crippen LogP contribution in [0.3, 0.4) is 0 Å². The normalized spacial score (nSPS) is 15.4. The molecule has 2 aromatic heterocycles. The molecule has 1 aliphatic heterocycles. The molecule has 1 aromatic carbocycles. The molecule has 144 valence electrons. The van der Waals surface area contributed by atoms with Gasteiger partial charge in [0.2, 0.25) is 0 Å². The van der Waals surface area contributed by atoms with Crippen molar-refractivity contribution in [2.75, 3.05) is 33.3 Å². The maximum atomic E-state index is 12.9. The third-order valence-electron chi connectivity index (χ3n) is 4.81. The first-order chi connectivity index (χ1) is 12.7. The second kappa shape index (κ2) is 9.06. The highest BCUT2D eigenvalue weighted by atomic mass is 35.5. The van der Waals surface area contributed by atoms with E-state index < -0.39 is 0 Å².